The van der Waals surface area contributed by atoms with Crippen molar-refractivity contribution in [1.82, 2.24) is 24.8 Å². The summed E-state index contributed by atoms with van der Waals surface area (Å²) in [4.78, 5) is 35.8. The molecule has 1 saturated heterocycles. The third-order valence-corrected chi connectivity index (χ3v) is 4.48. The monoisotopic (exact) mass is 355 g/mol. The molecule has 1 aliphatic rings. The Morgan fingerprint density at radius 2 is 1.73 bits per heavy atom. The molecule has 2 aromatic heterocycles. The number of aromatic nitrogens is 4. The molecule has 0 atom stereocenters. The Morgan fingerprint density at radius 3 is 2.35 bits per heavy atom. The van der Waals surface area contributed by atoms with E-state index in [2.05, 4.69) is 31.8 Å². The van der Waals surface area contributed by atoms with Crippen molar-refractivity contribution in [2.75, 3.05) is 49.6 Å². The third kappa shape index (κ3) is 4.25. The molecule has 1 fully saturated rings. The molecule has 0 unspecified atom stereocenters. The first-order valence-electron chi connectivity index (χ1n) is 9.03. The zero-order valence-corrected chi connectivity index (χ0v) is 15.4. The van der Waals surface area contributed by atoms with Gasteiger partial charge in [-0.15, -0.1) is 0 Å². The number of anilines is 2. The number of carbonyl (C=O) groups is 1. The van der Waals surface area contributed by atoms with Gasteiger partial charge in [0, 0.05) is 64.6 Å². The van der Waals surface area contributed by atoms with E-state index in [1.807, 2.05) is 16.8 Å². The van der Waals surface area contributed by atoms with Gasteiger partial charge < -0.3 is 14.7 Å². The van der Waals surface area contributed by atoms with Crippen molar-refractivity contribution in [2.24, 2.45) is 0 Å². The molecule has 26 heavy (non-hydrogen) atoms. The first-order chi connectivity index (χ1) is 12.7. The fraction of sp³-hybridized carbons (Fsp3) is 0.500. The van der Waals surface area contributed by atoms with Gasteiger partial charge in [0.25, 0.3) is 5.91 Å². The van der Waals surface area contributed by atoms with Crippen molar-refractivity contribution in [3.63, 3.8) is 0 Å². The first-order valence-corrected chi connectivity index (χ1v) is 9.03. The van der Waals surface area contributed by atoms with Crippen LogP contribution in [0.1, 0.15) is 30.1 Å². The van der Waals surface area contributed by atoms with Gasteiger partial charge in [-0.2, -0.15) is 0 Å². The minimum atomic E-state index is -0.0265. The number of carbonyl (C=O) groups excluding carboxylic acids is 1. The van der Waals surface area contributed by atoms with Crippen LogP contribution in [0.4, 0.5) is 11.9 Å². The maximum absolute atomic E-state index is 12.7. The van der Waals surface area contributed by atoms with Gasteiger partial charge in [0.05, 0.1) is 5.56 Å². The Bertz CT molecular complexity index is 699. The summed E-state index contributed by atoms with van der Waals surface area (Å²) in [7, 11) is 1.97. The standard InChI is InChI=1S/C18H25N7O/c1-3-4-8-23(2)17-21-13-15(14-22-17)16(26)24-9-11-25(12-10-24)18-19-6-5-7-20-18/h5-7,13-14H,3-4,8-12H2,1-2H3. The Balaban J connectivity index is 1.56. The number of piperazine rings is 1. The lowest BCUT2D eigenvalue weighted by molar-refractivity contribution is 0.0745. The maximum atomic E-state index is 12.7. The molecule has 0 bridgehead atoms. The number of hydrogen-bond acceptors (Lipinski definition) is 7. The molecule has 3 heterocycles. The lowest BCUT2D eigenvalue weighted by atomic mass is 10.2. The zero-order valence-electron chi connectivity index (χ0n) is 15.4. The smallest absolute Gasteiger partial charge is 0.257 e. The SMILES string of the molecule is CCCCN(C)c1ncc(C(=O)N2CCN(c3ncccn3)CC2)cn1. The van der Waals surface area contributed by atoms with Gasteiger partial charge in [-0.25, -0.2) is 19.9 Å². The molecule has 1 amide bonds. The summed E-state index contributed by atoms with van der Waals surface area (Å²) >= 11 is 0. The van der Waals surface area contributed by atoms with Gasteiger partial charge in [0.1, 0.15) is 0 Å². The van der Waals surface area contributed by atoms with Crippen LogP contribution < -0.4 is 9.80 Å². The molecule has 0 radical (unpaired) electrons. The van der Waals surface area contributed by atoms with Crippen LogP contribution in [0.2, 0.25) is 0 Å². The molecule has 0 spiro atoms. The van der Waals surface area contributed by atoms with Crippen molar-refractivity contribution in [1.29, 1.82) is 0 Å². The van der Waals surface area contributed by atoms with Crippen molar-refractivity contribution < 1.29 is 4.79 Å². The van der Waals surface area contributed by atoms with E-state index in [1.54, 1.807) is 30.9 Å². The highest BCUT2D eigenvalue weighted by atomic mass is 16.2. The van der Waals surface area contributed by atoms with Crippen LogP contribution in [-0.4, -0.2) is 70.5 Å². The van der Waals surface area contributed by atoms with Gasteiger partial charge in [0.15, 0.2) is 0 Å². The lowest BCUT2D eigenvalue weighted by Crippen LogP contribution is -2.49. The molecular formula is C18H25N7O. The average Bonchev–Trinajstić information content (AvgIpc) is 2.72. The van der Waals surface area contributed by atoms with Crippen LogP contribution in [0.15, 0.2) is 30.9 Å². The number of rotatable bonds is 6. The minimum absolute atomic E-state index is 0.0265. The van der Waals surface area contributed by atoms with Crippen molar-refractivity contribution in [2.45, 2.75) is 19.8 Å². The highest BCUT2D eigenvalue weighted by Gasteiger charge is 2.23. The quantitative estimate of drug-likeness (QED) is 0.776. The summed E-state index contributed by atoms with van der Waals surface area (Å²) in [6.45, 7) is 5.76. The second kappa shape index (κ2) is 8.55. The third-order valence-electron chi connectivity index (χ3n) is 4.48. The summed E-state index contributed by atoms with van der Waals surface area (Å²) < 4.78 is 0. The number of amides is 1. The Hall–Kier alpha value is -2.77. The zero-order chi connectivity index (χ0) is 18.4. The predicted octanol–water partition coefficient (Wildman–Crippen LogP) is 1.47. The van der Waals surface area contributed by atoms with E-state index in [0.29, 0.717) is 43.6 Å². The molecule has 8 heteroatoms. The van der Waals surface area contributed by atoms with Gasteiger partial charge in [-0.3, -0.25) is 4.79 Å². The predicted molar refractivity (Wildman–Crippen MR) is 100 cm³/mol. The molecule has 0 saturated carbocycles. The lowest BCUT2D eigenvalue weighted by Gasteiger charge is -2.34. The van der Waals surface area contributed by atoms with Crippen LogP contribution in [0, 0.1) is 0 Å². The molecule has 2 aromatic rings. The van der Waals surface area contributed by atoms with E-state index < -0.39 is 0 Å². The molecule has 8 nitrogen and oxygen atoms in total. The molecular weight excluding hydrogens is 330 g/mol. The van der Waals surface area contributed by atoms with Crippen LogP contribution in [-0.2, 0) is 0 Å². The van der Waals surface area contributed by atoms with Gasteiger partial charge in [-0.1, -0.05) is 13.3 Å². The summed E-state index contributed by atoms with van der Waals surface area (Å²) in [5.74, 6) is 1.34. The van der Waals surface area contributed by atoms with E-state index in [9.17, 15) is 4.79 Å². The fourth-order valence-corrected chi connectivity index (χ4v) is 2.87. The number of unbranched alkanes of at least 4 members (excludes halogenated alkanes) is 1. The Morgan fingerprint density at radius 1 is 1.08 bits per heavy atom. The van der Waals surface area contributed by atoms with Crippen LogP contribution in [0.3, 0.4) is 0 Å². The van der Waals surface area contributed by atoms with Crippen molar-refractivity contribution >= 4 is 17.8 Å². The van der Waals surface area contributed by atoms with Crippen molar-refractivity contribution in [3.05, 3.63) is 36.4 Å². The summed E-state index contributed by atoms with van der Waals surface area (Å²) in [5.41, 5.74) is 0.530. The van der Waals surface area contributed by atoms with Crippen molar-refractivity contribution in [3.8, 4) is 0 Å². The highest BCUT2D eigenvalue weighted by Crippen LogP contribution is 2.13. The fourth-order valence-electron chi connectivity index (χ4n) is 2.87. The first kappa shape index (κ1) is 18.0. The van der Waals surface area contributed by atoms with Crippen LogP contribution >= 0.6 is 0 Å². The van der Waals surface area contributed by atoms with E-state index in [0.717, 1.165) is 19.4 Å². The van der Waals surface area contributed by atoms with E-state index in [1.165, 1.54) is 0 Å². The number of hydrogen-bond donors (Lipinski definition) is 0. The molecule has 0 N–H and O–H groups in total. The van der Waals surface area contributed by atoms with E-state index >= 15 is 0 Å². The Kier molecular flexibility index (Phi) is 5.93. The molecule has 3 rings (SSSR count). The molecule has 1 aliphatic heterocycles. The molecule has 138 valence electrons. The topological polar surface area (TPSA) is 78.4 Å². The summed E-state index contributed by atoms with van der Waals surface area (Å²) in [6.07, 6.45) is 8.93. The normalized spacial score (nSPS) is 14.4. The second-order valence-electron chi connectivity index (χ2n) is 6.37. The summed E-state index contributed by atoms with van der Waals surface area (Å²) in [5, 5.41) is 0. The minimum Gasteiger partial charge on any atom is -0.344 e. The van der Waals surface area contributed by atoms with Gasteiger partial charge in [0.2, 0.25) is 11.9 Å². The van der Waals surface area contributed by atoms with E-state index in [4.69, 9.17) is 0 Å². The summed E-state index contributed by atoms with van der Waals surface area (Å²) in [6, 6.07) is 1.80. The second-order valence-corrected chi connectivity index (χ2v) is 6.37. The molecule has 0 aliphatic carbocycles. The molecule has 0 aromatic carbocycles. The average molecular weight is 355 g/mol. The largest absolute Gasteiger partial charge is 0.344 e. The van der Waals surface area contributed by atoms with Gasteiger partial charge in [-0.05, 0) is 12.5 Å². The van der Waals surface area contributed by atoms with Crippen LogP contribution in [0.5, 0.6) is 0 Å². The number of nitrogens with zero attached hydrogens (tertiary/aromatic N) is 7. The van der Waals surface area contributed by atoms with Crippen LogP contribution in [0.25, 0.3) is 0 Å². The van der Waals surface area contributed by atoms with Gasteiger partial charge >= 0.3 is 0 Å². The highest BCUT2D eigenvalue weighted by molar-refractivity contribution is 5.93. The van der Waals surface area contributed by atoms with E-state index in [-0.39, 0.29) is 5.91 Å². The Labute approximate surface area is 153 Å². The maximum Gasteiger partial charge on any atom is 0.257 e.